The molecule has 354 valence electrons. The van der Waals surface area contributed by atoms with Crippen LogP contribution in [-0.4, -0.2) is 0 Å². The van der Waals surface area contributed by atoms with E-state index >= 15 is 0 Å². The van der Waals surface area contributed by atoms with Crippen LogP contribution in [0.2, 0.25) is 0 Å². The second kappa shape index (κ2) is 27.8. The first-order chi connectivity index (χ1) is 34.5. The van der Waals surface area contributed by atoms with Crippen molar-refractivity contribution in [3.8, 4) is 33.4 Å². The number of hydrogen-bond acceptors (Lipinski definition) is 0. The van der Waals surface area contributed by atoms with E-state index in [2.05, 4.69) is 310 Å². The van der Waals surface area contributed by atoms with Gasteiger partial charge in [0, 0.05) is 0 Å². The Balaban J connectivity index is 0.000000140. The van der Waals surface area contributed by atoms with E-state index in [9.17, 15) is 0 Å². The molecule has 0 aliphatic rings. The quantitative estimate of drug-likeness (QED) is 0.165. The van der Waals surface area contributed by atoms with Crippen molar-refractivity contribution in [1.82, 2.24) is 0 Å². The van der Waals surface area contributed by atoms with Gasteiger partial charge in [-0.05, 0) is 119 Å². The summed E-state index contributed by atoms with van der Waals surface area (Å²) in [7, 11) is 0. The van der Waals surface area contributed by atoms with Crippen LogP contribution in [0.4, 0.5) is 0 Å². The monoisotopic (exact) mass is 923 g/mol. The molecule has 0 saturated carbocycles. The first kappa shape index (κ1) is 52.3. The summed E-state index contributed by atoms with van der Waals surface area (Å²) in [6.45, 7) is 17.2. The molecule has 0 atom stereocenters. The third-order valence-electron chi connectivity index (χ3n) is 12.2. The van der Waals surface area contributed by atoms with E-state index in [1.54, 1.807) is 0 Å². The Bertz CT molecular complexity index is 3220. The van der Waals surface area contributed by atoms with Gasteiger partial charge in [-0.15, -0.1) is 0 Å². The van der Waals surface area contributed by atoms with Crippen molar-refractivity contribution in [3.05, 3.63) is 312 Å². The molecular weight excluding hydrogens is 853 g/mol. The Morgan fingerprint density at radius 3 is 1.23 bits per heavy atom. The summed E-state index contributed by atoms with van der Waals surface area (Å²) >= 11 is 0. The lowest BCUT2D eigenvalue weighted by atomic mass is 10.0. The first-order valence-electron chi connectivity index (χ1n) is 24.9. The van der Waals surface area contributed by atoms with E-state index in [1.807, 2.05) is 18.2 Å². The Kier molecular flexibility index (Phi) is 20.5. The minimum Gasteiger partial charge on any atom is -0.0622 e. The molecule has 0 aliphatic carbocycles. The maximum absolute atomic E-state index is 2.21. The van der Waals surface area contributed by atoms with Crippen LogP contribution in [-0.2, 0) is 0 Å². The van der Waals surface area contributed by atoms with Crippen LogP contribution in [0.15, 0.2) is 273 Å². The Morgan fingerprint density at radius 1 is 0.239 bits per heavy atom. The van der Waals surface area contributed by atoms with Crippen molar-refractivity contribution in [1.29, 1.82) is 0 Å². The summed E-state index contributed by atoms with van der Waals surface area (Å²) in [4.78, 5) is 0. The molecule has 0 aliphatic heterocycles. The normalized spacial score (nSPS) is 10.1. The zero-order chi connectivity index (χ0) is 50.2. The van der Waals surface area contributed by atoms with Crippen molar-refractivity contribution in [2.45, 2.75) is 61.3 Å². The summed E-state index contributed by atoms with van der Waals surface area (Å²) in [6, 6.07) is 95.4. The van der Waals surface area contributed by atoms with Gasteiger partial charge in [-0.25, -0.2) is 0 Å². The van der Waals surface area contributed by atoms with E-state index in [1.165, 1.54) is 93.9 Å². The zero-order valence-electron chi connectivity index (χ0n) is 43.1. The Labute approximate surface area is 426 Å². The number of benzene rings is 11. The molecule has 0 radical (unpaired) electrons. The van der Waals surface area contributed by atoms with Gasteiger partial charge in [0.15, 0.2) is 0 Å². The summed E-state index contributed by atoms with van der Waals surface area (Å²) in [5.74, 6) is 0.653. The van der Waals surface area contributed by atoms with Crippen LogP contribution >= 0.6 is 0 Å². The summed E-state index contributed by atoms with van der Waals surface area (Å²) in [5, 5.41) is 5.33. The highest BCUT2D eigenvalue weighted by atomic mass is 14.0. The van der Waals surface area contributed by atoms with Crippen molar-refractivity contribution < 1.29 is 0 Å². The van der Waals surface area contributed by atoms with Gasteiger partial charge in [0.1, 0.15) is 0 Å². The van der Waals surface area contributed by atoms with Crippen molar-refractivity contribution in [3.63, 3.8) is 0 Å². The van der Waals surface area contributed by atoms with E-state index in [0.717, 1.165) is 0 Å². The molecule has 11 aromatic carbocycles. The van der Waals surface area contributed by atoms with Crippen LogP contribution in [0.1, 0.15) is 58.7 Å². The average molecular weight is 923 g/mol. The largest absolute Gasteiger partial charge is 0.0622 e. The predicted octanol–water partition coefficient (Wildman–Crippen LogP) is 20.4. The fraction of sp³-hybridized carbons (Fsp3) is 0.127. The van der Waals surface area contributed by atoms with E-state index in [0.29, 0.717) is 5.92 Å². The third kappa shape index (κ3) is 17.1. The van der Waals surface area contributed by atoms with Crippen LogP contribution in [0.5, 0.6) is 0 Å². The Hall–Kier alpha value is -8.06. The molecule has 0 unspecified atom stereocenters. The second-order valence-electron chi connectivity index (χ2n) is 18.4. The van der Waals surface area contributed by atoms with E-state index < -0.39 is 0 Å². The highest BCUT2D eigenvalue weighted by Gasteiger charge is 2.00. The SMILES string of the molecule is Cc1ccc(-c2ccccc2)cc1.Cc1ccc(C(C)C)cc1.Cc1ccc2ccccc2c1.Cc1cccc(-c2ccccc2)c1.Cc1cccc2ccccc12.Cc1ccccc1-c1ccccc1. The molecule has 0 heteroatoms. The van der Waals surface area contributed by atoms with Crippen LogP contribution in [0.25, 0.3) is 54.9 Å². The van der Waals surface area contributed by atoms with Crippen LogP contribution in [0, 0.1) is 41.5 Å². The fourth-order valence-corrected chi connectivity index (χ4v) is 7.99. The second-order valence-corrected chi connectivity index (χ2v) is 18.4. The number of fused-ring (bicyclic) bond motifs is 2. The molecule has 0 N–H and O–H groups in total. The third-order valence-corrected chi connectivity index (χ3v) is 12.2. The van der Waals surface area contributed by atoms with Gasteiger partial charge in [-0.3, -0.25) is 0 Å². The highest BCUT2D eigenvalue weighted by Crippen LogP contribution is 2.23. The van der Waals surface area contributed by atoms with E-state index in [4.69, 9.17) is 0 Å². The lowest BCUT2D eigenvalue weighted by Gasteiger charge is -2.04. The summed E-state index contributed by atoms with van der Waals surface area (Å²) < 4.78 is 0. The maximum Gasteiger partial charge on any atom is -0.0155 e. The van der Waals surface area contributed by atoms with Gasteiger partial charge in [-0.2, -0.15) is 0 Å². The minimum absolute atomic E-state index is 0.653. The summed E-state index contributed by atoms with van der Waals surface area (Å²) in [5.41, 5.74) is 17.1. The number of rotatable bonds is 4. The molecule has 0 spiro atoms. The van der Waals surface area contributed by atoms with Crippen LogP contribution in [0.3, 0.4) is 0 Å². The van der Waals surface area contributed by atoms with Gasteiger partial charge in [-0.1, -0.05) is 309 Å². The molecule has 0 fully saturated rings. The van der Waals surface area contributed by atoms with Gasteiger partial charge in [0.05, 0.1) is 0 Å². The predicted molar refractivity (Wildman–Crippen MR) is 312 cm³/mol. The first-order valence-corrected chi connectivity index (χ1v) is 24.9. The molecule has 71 heavy (non-hydrogen) atoms. The van der Waals surface area contributed by atoms with Crippen molar-refractivity contribution in [2.24, 2.45) is 0 Å². The average Bonchev–Trinajstić information content (AvgIpc) is 3.41. The topological polar surface area (TPSA) is 0 Å². The lowest BCUT2D eigenvalue weighted by Crippen LogP contribution is -1.85. The molecule has 0 aromatic heterocycles. The molecule has 0 heterocycles. The summed E-state index contributed by atoms with van der Waals surface area (Å²) in [6.07, 6.45) is 0. The maximum atomic E-state index is 2.21. The highest BCUT2D eigenvalue weighted by molar-refractivity contribution is 5.85. The number of aryl methyl sites for hydroxylation is 6. The van der Waals surface area contributed by atoms with Crippen molar-refractivity contribution in [2.75, 3.05) is 0 Å². The molecule has 11 rings (SSSR count). The smallest absolute Gasteiger partial charge is 0.0155 e. The zero-order valence-corrected chi connectivity index (χ0v) is 43.1. The van der Waals surface area contributed by atoms with Gasteiger partial charge in [0.2, 0.25) is 0 Å². The van der Waals surface area contributed by atoms with Crippen LogP contribution < -0.4 is 0 Å². The van der Waals surface area contributed by atoms with Gasteiger partial charge >= 0.3 is 0 Å². The molecule has 0 bridgehead atoms. The number of hydrogen-bond donors (Lipinski definition) is 0. The lowest BCUT2D eigenvalue weighted by molar-refractivity contribution is 0.866. The van der Waals surface area contributed by atoms with Crippen molar-refractivity contribution >= 4 is 21.5 Å². The Morgan fingerprint density at radius 2 is 0.648 bits per heavy atom. The van der Waals surface area contributed by atoms with Gasteiger partial charge < -0.3 is 0 Å². The molecule has 0 nitrogen and oxygen atoms in total. The van der Waals surface area contributed by atoms with Gasteiger partial charge in [0.25, 0.3) is 0 Å². The molecule has 11 aromatic rings. The van der Waals surface area contributed by atoms with E-state index in [-0.39, 0.29) is 0 Å². The molecule has 0 amide bonds. The minimum atomic E-state index is 0.653. The fourth-order valence-electron chi connectivity index (χ4n) is 7.99. The molecule has 0 saturated heterocycles. The standard InChI is InChI=1S/3C13H12.2C11H10.C10H14/c1-11-7-5-6-10-13(11)12-8-3-2-4-9-12;1-11-6-5-9-13(10-11)12-7-3-2-4-8-12;1-11-7-9-13(10-8-11)12-5-3-2-4-6-12;1-9-5-4-7-10-6-2-3-8-11(9)10;1-9-6-7-10-4-2-3-5-11(10)8-9;1-8(2)10-6-4-9(3)5-7-10/h3*2-10H,1H3;2*2-8H,1H3;4-8H,1-3H3. The molecular formula is C71H70.